The van der Waals surface area contributed by atoms with Crippen molar-refractivity contribution in [3.63, 3.8) is 0 Å². The number of amides is 3. The number of fused-ring (bicyclic) bond motifs is 1. The van der Waals surface area contributed by atoms with E-state index in [-0.39, 0.29) is 11.7 Å². The highest BCUT2D eigenvalue weighted by Gasteiger charge is 2.29. The Bertz CT molecular complexity index is 1060. The van der Waals surface area contributed by atoms with Gasteiger partial charge in [0.15, 0.2) is 23.4 Å². The smallest absolute Gasteiger partial charge is 0.328 e. The predicted octanol–water partition coefficient (Wildman–Crippen LogP) is -0.964. The lowest BCUT2D eigenvalue weighted by atomic mass is 10.1. The summed E-state index contributed by atoms with van der Waals surface area (Å²) in [6.45, 7) is 1.50. The van der Waals surface area contributed by atoms with Gasteiger partial charge in [-0.1, -0.05) is 5.16 Å². The van der Waals surface area contributed by atoms with E-state index in [1.807, 2.05) is 0 Å². The first-order chi connectivity index (χ1) is 16.7. The molecule has 0 bridgehead atoms. The Morgan fingerprint density at radius 2 is 1.89 bits per heavy atom. The van der Waals surface area contributed by atoms with Crippen LogP contribution in [0, 0.1) is 0 Å². The first kappa shape index (κ1) is 25.7. The Morgan fingerprint density at radius 1 is 1.17 bits per heavy atom. The molecule has 0 saturated carbocycles. The van der Waals surface area contributed by atoms with E-state index in [1.165, 1.54) is 6.92 Å². The van der Waals surface area contributed by atoms with E-state index < -0.39 is 55.2 Å². The van der Waals surface area contributed by atoms with E-state index in [0.29, 0.717) is 30.4 Å². The minimum absolute atomic E-state index is 0.0608. The Labute approximate surface area is 198 Å². The van der Waals surface area contributed by atoms with Crippen molar-refractivity contribution in [2.75, 3.05) is 25.1 Å². The van der Waals surface area contributed by atoms with Crippen molar-refractivity contribution < 1.29 is 43.7 Å². The third-order valence-corrected chi connectivity index (χ3v) is 4.84. The average Bonchev–Trinajstić information content (AvgIpc) is 3.31. The van der Waals surface area contributed by atoms with Crippen molar-refractivity contribution in [1.82, 2.24) is 20.8 Å². The van der Waals surface area contributed by atoms with Crippen molar-refractivity contribution in [2.45, 2.75) is 37.6 Å². The molecule has 15 nitrogen and oxygen atoms in total. The lowest BCUT2D eigenvalue weighted by molar-refractivity contribution is -0.141. The molecule has 0 fully saturated rings. The summed E-state index contributed by atoms with van der Waals surface area (Å²) in [6, 6.07) is 0.0294. The normalized spacial score (nSPS) is 15.9. The molecule has 0 saturated heterocycles. The van der Waals surface area contributed by atoms with Gasteiger partial charge in [-0.15, -0.1) is 0 Å². The van der Waals surface area contributed by atoms with Gasteiger partial charge in [-0.3, -0.25) is 4.79 Å². The van der Waals surface area contributed by atoms with Gasteiger partial charge in [0.2, 0.25) is 11.8 Å². The van der Waals surface area contributed by atoms with Crippen molar-refractivity contribution in [3.05, 3.63) is 29.9 Å². The van der Waals surface area contributed by atoms with Crippen LogP contribution in [0.15, 0.2) is 22.7 Å². The second-order valence-corrected chi connectivity index (χ2v) is 7.62. The fourth-order valence-corrected chi connectivity index (χ4v) is 3.07. The fourth-order valence-electron chi connectivity index (χ4n) is 3.07. The number of carbonyl (C=O) groups is 3. The number of aromatic nitrogens is 2. The van der Waals surface area contributed by atoms with Crippen LogP contribution < -0.4 is 31.2 Å². The highest BCUT2D eigenvalue weighted by Crippen LogP contribution is 2.32. The topological polar surface area (TPSA) is 231 Å². The van der Waals surface area contributed by atoms with Gasteiger partial charge in [-0.05, 0) is 19.1 Å². The molecule has 1 aromatic heterocycles. The molecule has 15 heteroatoms. The van der Waals surface area contributed by atoms with Crippen LogP contribution in [-0.4, -0.2) is 75.3 Å². The number of carboxylic acid groups (broad SMARTS) is 1. The summed E-state index contributed by atoms with van der Waals surface area (Å²) in [5.74, 6) is -1.30. The number of nitrogens with two attached hydrogens (primary N) is 1. The maximum Gasteiger partial charge on any atom is 0.328 e. The Balaban J connectivity index is 1.74. The molecular formula is C20H26N6O9. The van der Waals surface area contributed by atoms with Crippen LogP contribution >= 0.6 is 0 Å². The first-order valence-electron chi connectivity index (χ1n) is 10.5. The number of aliphatic hydroxyl groups excluding tert-OH is 2. The molecule has 8 N–H and O–H groups in total. The molecule has 190 valence electrons. The lowest BCUT2D eigenvalue weighted by Crippen LogP contribution is -2.52. The molecule has 0 aliphatic carbocycles. The molecular weight excluding hydrogens is 468 g/mol. The van der Waals surface area contributed by atoms with Gasteiger partial charge in [-0.2, -0.15) is 4.98 Å². The van der Waals surface area contributed by atoms with Gasteiger partial charge in [0.25, 0.3) is 0 Å². The molecule has 3 amide bonds. The number of nitrogens with zero attached hydrogens (tertiary/aromatic N) is 2. The van der Waals surface area contributed by atoms with Gasteiger partial charge in [0.1, 0.15) is 19.3 Å². The quantitative estimate of drug-likeness (QED) is 0.212. The number of benzene rings is 1. The predicted molar refractivity (Wildman–Crippen MR) is 117 cm³/mol. The van der Waals surface area contributed by atoms with Gasteiger partial charge < -0.3 is 51.0 Å². The summed E-state index contributed by atoms with van der Waals surface area (Å²) < 4.78 is 16.0. The largest absolute Gasteiger partial charge is 0.486 e. The molecule has 0 radical (unpaired) electrons. The highest BCUT2D eigenvalue weighted by molar-refractivity contribution is 5.92. The first-order valence-corrected chi connectivity index (χ1v) is 10.5. The minimum Gasteiger partial charge on any atom is -0.486 e. The number of carboxylic acids is 1. The van der Waals surface area contributed by atoms with Crippen LogP contribution in [-0.2, 0) is 9.59 Å². The molecule has 35 heavy (non-hydrogen) atoms. The van der Waals surface area contributed by atoms with E-state index in [4.69, 9.17) is 24.8 Å². The van der Waals surface area contributed by atoms with Crippen LogP contribution in [0.4, 0.5) is 10.5 Å². The zero-order valence-electron chi connectivity index (χ0n) is 18.6. The molecule has 4 atom stereocenters. The number of hydrogen-bond acceptors (Lipinski definition) is 11. The van der Waals surface area contributed by atoms with Crippen molar-refractivity contribution in [2.24, 2.45) is 5.73 Å². The summed E-state index contributed by atoms with van der Waals surface area (Å²) in [4.78, 5) is 40.4. The molecule has 3 rings (SSSR count). The molecule has 0 spiro atoms. The summed E-state index contributed by atoms with van der Waals surface area (Å²) in [5, 5.41) is 38.7. The van der Waals surface area contributed by atoms with Gasteiger partial charge in [-0.25, -0.2) is 9.59 Å². The van der Waals surface area contributed by atoms with E-state index in [9.17, 15) is 24.6 Å². The molecule has 1 aromatic carbocycles. The van der Waals surface area contributed by atoms with E-state index in [0.717, 1.165) is 0 Å². The Kier molecular flexibility index (Phi) is 8.40. The van der Waals surface area contributed by atoms with Gasteiger partial charge in [0, 0.05) is 11.8 Å². The number of hydrogen-bond donors (Lipinski definition) is 7. The summed E-state index contributed by atoms with van der Waals surface area (Å²) in [6.07, 6.45) is -1.79. The number of aliphatic carboxylic acids is 1. The van der Waals surface area contributed by atoms with Crippen LogP contribution in [0.1, 0.15) is 37.1 Å². The van der Waals surface area contributed by atoms with Crippen LogP contribution in [0.5, 0.6) is 11.5 Å². The number of aliphatic hydroxyl groups is 2. The maximum absolute atomic E-state index is 12.7. The summed E-state index contributed by atoms with van der Waals surface area (Å²) in [7, 11) is 0. The average molecular weight is 494 g/mol. The number of rotatable bonds is 10. The van der Waals surface area contributed by atoms with Crippen LogP contribution in [0.25, 0.3) is 0 Å². The highest BCUT2D eigenvalue weighted by atomic mass is 16.6. The Hall–Kier alpha value is -3.95. The zero-order chi connectivity index (χ0) is 25.5. The van der Waals surface area contributed by atoms with E-state index in [1.54, 1.807) is 18.2 Å². The third kappa shape index (κ3) is 6.78. The van der Waals surface area contributed by atoms with E-state index >= 15 is 0 Å². The lowest BCUT2D eigenvalue weighted by Gasteiger charge is -2.21. The molecule has 2 aromatic rings. The number of nitrogens with one attached hydrogen (secondary N) is 3. The summed E-state index contributed by atoms with van der Waals surface area (Å²) in [5.41, 5.74) is 6.07. The van der Waals surface area contributed by atoms with Crippen LogP contribution in [0.3, 0.4) is 0 Å². The van der Waals surface area contributed by atoms with Crippen molar-refractivity contribution >= 4 is 23.6 Å². The molecule has 1 aliphatic heterocycles. The maximum atomic E-state index is 12.7. The second kappa shape index (κ2) is 11.5. The molecule has 1 aliphatic rings. The third-order valence-electron chi connectivity index (χ3n) is 4.84. The summed E-state index contributed by atoms with van der Waals surface area (Å²) >= 11 is 0. The van der Waals surface area contributed by atoms with E-state index in [2.05, 4.69) is 26.1 Å². The SMILES string of the molecule is CC(O)C(NC(=O)N[C@@H](CC(=O)Nc1ccc2c(c1)OCCO2)c1nc([C@@H](N)CO)no1)C(=O)O. The zero-order valence-corrected chi connectivity index (χ0v) is 18.6. The van der Waals surface area contributed by atoms with Crippen molar-refractivity contribution in [3.8, 4) is 11.5 Å². The molecule has 2 heterocycles. The minimum atomic E-state index is -1.61. The Morgan fingerprint density at radius 3 is 2.54 bits per heavy atom. The fraction of sp³-hybridized carbons (Fsp3) is 0.450. The van der Waals surface area contributed by atoms with Crippen LogP contribution in [0.2, 0.25) is 0 Å². The second-order valence-electron chi connectivity index (χ2n) is 7.62. The standard InChI is InChI=1S/C20H26N6O9/c1-9(28)16(19(30)31)24-20(32)23-12(18-25-17(26-35-18)11(21)8-27)7-15(29)22-10-2-3-13-14(6-10)34-5-4-33-13/h2-3,6,9,11-12,16,27-28H,4-5,7-8,21H2,1H3,(H,22,29)(H,30,31)(H2,23,24,32)/t9?,11-,12-,16?/m0/s1. The number of anilines is 1. The van der Waals surface area contributed by atoms with Crippen molar-refractivity contribution in [1.29, 1.82) is 0 Å². The number of ether oxygens (including phenoxy) is 2. The molecule has 2 unspecified atom stereocenters. The number of carbonyl (C=O) groups excluding carboxylic acids is 2. The van der Waals surface area contributed by atoms with Gasteiger partial charge >= 0.3 is 12.0 Å². The van der Waals surface area contributed by atoms with Gasteiger partial charge in [0.05, 0.1) is 25.2 Å². The number of urea groups is 1. The monoisotopic (exact) mass is 494 g/mol.